The zero-order chi connectivity index (χ0) is 46.4. The highest BCUT2D eigenvalue weighted by Crippen LogP contribution is 2.73. The van der Waals surface area contributed by atoms with E-state index in [2.05, 4.69) is 21.7 Å². The zero-order valence-corrected chi connectivity index (χ0v) is 37.5. The summed E-state index contributed by atoms with van der Waals surface area (Å²) in [5.41, 5.74) is -0.245. The van der Waals surface area contributed by atoms with E-state index in [9.17, 15) is 35.4 Å². The number of aliphatic hydroxyl groups is 5. The monoisotopic (exact) mass is 917 g/mol. The minimum Gasteiger partial charge on any atom is -0.657 e. The molecule has 0 amide bonds. The predicted molar refractivity (Wildman–Crippen MR) is 246 cm³/mol. The number of hydrogen-bond donors (Lipinski definition) is 7. The number of aromatic nitrogens is 2. The highest BCUT2D eigenvalue weighted by Gasteiger charge is 2.75. The number of aromatic hydroxyl groups is 1. The molecule has 2 aromatic heterocycles. The molecule has 7 N–H and O–H groups in total. The molecular weight excluding hydrogens is 867 g/mol. The largest absolute Gasteiger partial charge is 0.657 e. The molecule has 0 unspecified atom stereocenters. The maximum atomic E-state index is 15.1. The van der Waals surface area contributed by atoms with Crippen molar-refractivity contribution >= 4 is 39.9 Å². The summed E-state index contributed by atoms with van der Waals surface area (Å²) in [4.78, 5) is 44.3. The van der Waals surface area contributed by atoms with Crippen LogP contribution in [0.25, 0.3) is 21.7 Å². The molecular formula is C53H51N5O10. The SMILES string of the molecule is Cc1cc(O)c2c(c1)C(=O)c1c(c3cc4c(nccc14)NC[C@H](O)[C@@]14CCC[C@H]1c1cc(C[C+]5C=N[CH+][N-]5)[n-]c1C1=C[C@@]5(O3)O[C@@]3(C1=C4C[C@]1(CCC4(CCCC4)C1)[C@H]3O)[C@@H](O)[C@H](O)[C@H]5O)C2=O. The van der Waals surface area contributed by atoms with Crippen molar-refractivity contribution in [3.8, 4) is 11.5 Å². The number of benzene rings is 2. The molecule has 348 valence electrons. The second-order valence-electron chi connectivity index (χ2n) is 21.7. The maximum Gasteiger partial charge on any atom is 0.301 e. The lowest BCUT2D eigenvalue weighted by molar-refractivity contribution is -0.366. The number of hydrogen-bond acceptors (Lipinski definition) is 13. The van der Waals surface area contributed by atoms with Gasteiger partial charge in [0, 0.05) is 40.1 Å². The van der Waals surface area contributed by atoms with Crippen LogP contribution in [0.4, 0.5) is 5.82 Å². The van der Waals surface area contributed by atoms with E-state index >= 15 is 4.79 Å². The number of nitrogens with one attached hydrogen (secondary N) is 1. The molecule has 1 saturated heterocycles. The van der Waals surface area contributed by atoms with E-state index in [4.69, 9.17) is 19.4 Å². The maximum absolute atomic E-state index is 15.1. The van der Waals surface area contributed by atoms with E-state index in [0.717, 1.165) is 49.7 Å². The predicted octanol–water partition coefficient (Wildman–Crippen LogP) is 5.50. The summed E-state index contributed by atoms with van der Waals surface area (Å²) in [7, 11) is 0. The number of aliphatic imine (C=N–C) groups is 1. The number of carbonyl (C=O) groups is 2. The average Bonchev–Trinajstić information content (AvgIpc) is 4.19. The molecule has 10 atom stereocenters. The molecule has 15 heteroatoms. The third kappa shape index (κ3) is 5.02. The number of anilines is 1. The summed E-state index contributed by atoms with van der Waals surface area (Å²) in [5, 5.41) is 85.3. The van der Waals surface area contributed by atoms with Gasteiger partial charge in [0.2, 0.25) is 5.78 Å². The first-order chi connectivity index (χ1) is 32.7. The van der Waals surface area contributed by atoms with Crippen molar-refractivity contribution in [3.63, 3.8) is 0 Å². The van der Waals surface area contributed by atoms with Crippen LogP contribution in [0, 0.1) is 35.9 Å². The number of ketones is 2. The van der Waals surface area contributed by atoms with E-state index in [1.807, 2.05) is 0 Å². The summed E-state index contributed by atoms with van der Waals surface area (Å²) in [5.74, 6) is -4.35. The molecule has 8 bridgehead atoms. The first-order valence-electron chi connectivity index (χ1n) is 24.2. The van der Waals surface area contributed by atoms with Gasteiger partial charge >= 0.3 is 6.21 Å². The van der Waals surface area contributed by atoms with Gasteiger partial charge in [-0.1, -0.05) is 41.5 Å². The number of nitrogens with zero attached hydrogens (tertiary/aromatic N) is 4. The number of phenolic OH excluding ortho intramolecular Hbond substituents is 1. The molecule has 2 aromatic carbocycles. The Balaban J connectivity index is 1.09. The fourth-order valence-corrected chi connectivity index (χ4v) is 15.7. The van der Waals surface area contributed by atoms with E-state index in [-0.39, 0.29) is 45.9 Å². The van der Waals surface area contributed by atoms with Gasteiger partial charge in [-0.3, -0.25) is 14.9 Å². The van der Waals surface area contributed by atoms with Crippen molar-refractivity contribution < 1.29 is 49.7 Å². The second-order valence-corrected chi connectivity index (χ2v) is 21.7. The number of carbonyl (C=O) groups excluding carboxylic acids is 2. The number of aliphatic hydroxyl groups excluding tert-OH is 5. The molecule has 15 nitrogen and oxygen atoms in total. The lowest BCUT2D eigenvalue weighted by atomic mass is 9.51. The number of rotatable bonds is 2. The van der Waals surface area contributed by atoms with Crippen molar-refractivity contribution in [1.29, 1.82) is 0 Å². The van der Waals surface area contributed by atoms with Crippen molar-refractivity contribution in [2.24, 2.45) is 21.2 Å². The van der Waals surface area contributed by atoms with Crippen LogP contribution in [0.15, 0.2) is 58.7 Å². The summed E-state index contributed by atoms with van der Waals surface area (Å²) >= 11 is 0. The summed E-state index contributed by atoms with van der Waals surface area (Å²) in [6, 6.07) is 8.90. The van der Waals surface area contributed by atoms with Crippen LogP contribution < -0.4 is 15.0 Å². The van der Waals surface area contributed by atoms with Gasteiger partial charge in [-0.25, -0.2) is 4.98 Å². The van der Waals surface area contributed by atoms with Gasteiger partial charge in [-0.15, -0.1) is 11.4 Å². The molecule has 11 aliphatic rings. The Morgan fingerprint density at radius 2 is 1.78 bits per heavy atom. The number of phenols is 1. The molecule has 4 fully saturated rings. The topological polar surface area (TPSA) is 239 Å². The molecule has 15 rings (SSSR count). The lowest BCUT2D eigenvalue weighted by Crippen LogP contribution is -2.79. The molecule has 5 aliphatic heterocycles. The normalized spacial score (nSPS) is 36.7. The Hall–Kier alpha value is -5.52. The van der Waals surface area contributed by atoms with Crippen LogP contribution in [0.3, 0.4) is 0 Å². The van der Waals surface area contributed by atoms with Crippen LogP contribution in [0.5, 0.6) is 11.5 Å². The Bertz CT molecular complexity index is 3060. The zero-order valence-electron chi connectivity index (χ0n) is 37.5. The van der Waals surface area contributed by atoms with Gasteiger partial charge in [0.25, 0.3) is 5.79 Å². The van der Waals surface area contributed by atoms with E-state index < -0.39 is 70.1 Å². The molecule has 7 heterocycles. The quantitative estimate of drug-likeness (QED) is 0.108. The molecule has 5 spiro atoms. The third-order valence-corrected chi connectivity index (χ3v) is 18.4. The second kappa shape index (κ2) is 13.6. The Kier molecular flexibility index (Phi) is 8.30. The summed E-state index contributed by atoms with van der Waals surface area (Å²) < 4.78 is 14.5. The minimum atomic E-state index is -2.45. The van der Waals surface area contributed by atoms with E-state index in [1.165, 1.54) is 25.0 Å². The van der Waals surface area contributed by atoms with Crippen LogP contribution in [-0.4, -0.2) is 102 Å². The minimum absolute atomic E-state index is 0.00486. The molecule has 0 radical (unpaired) electrons. The number of ether oxygens (including phenoxy) is 2. The highest BCUT2D eigenvalue weighted by atomic mass is 16.7. The standard InChI is InChI=1S/C53H51N5O10/c1-24-13-30-37(34(59)14-24)43(62)39-35-17-28-27(38(39)42(30)61)6-12-55-47(28)56-21-36(60)51-9-4-5-32(51)29-16-25(15-26-20-54-23-57-26)58-41(29)31-18-52(67-35)45(64)44(63)46(65)53(68-52)40(31)33(51)19-50(48(53)66)11-10-49(22-50)7-2-3-8-49/h6,12-14,16-18,20,23,32,36,44-46,48,60,63-66H,2-5,7-11,15,19,21-22H2,1H3,(H,59,62)(H,55,56,61)/t32-,36-,44+,45+,46-,48+,50-,51-,52+,53-/m0/s1. The van der Waals surface area contributed by atoms with Crippen LogP contribution >= 0.6 is 0 Å². The van der Waals surface area contributed by atoms with Crippen molar-refractivity contribution in [3.05, 3.63) is 117 Å². The molecule has 4 aromatic rings. The Morgan fingerprint density at radius 1 is 0.941 bits per heavy atom. The van der Waals surface area contributed by atoms with E-state index in [1.54, 1.807) is 31.3 Å². The number of aryl methyl sites for hydroxylation is 1. The molecule has 68 heavy (non-hydrogen) atoms. The van der Waals surface area contributed by atoms with Gasteiger partial charge in [-0.2, -0.15) is 0 Å². The van der Waals surface area contributed by atoms with Gasteiger partial charge < -0.3 is 50.4 Å². The van der Waals surface area contributed by atoms with Gasteiger partial charge in [0.15, 0.2) is 23.5 Å². The van der Waals surface area contributed by atoms with Crippen LogP contribution in [0.1, 0.15) is 131 Å². The third-order valence-electron chi connectivity index (χ3n) is 18.4. The van der Waals surface area contributed by atoms with Crippen molar-refractivity contribution in [2.45, 2.75) is 132 Å². The fraction of sp³-hybridized carbons (Fsp3) is 0.472. The van der Waals surface area contributed by atoms with Gasteiger partial charge in [-0.05, 0) is 122 Å². The van der Waals surface area contributed by atoms with Gasteiger partial charge in [0.1, 0.15) is 35.9 Å². The Labute approximate surface area is 391 Å². The average molecular weight is 918 g/mol. The summed E-state index contributed by atoms with van der Waals surface area (Å²) in [6.07, 6.45) is 5.31. The first-order valence-corrected chi connectivity index (χ1v) is 24.2. The van der Waals surface area contributed by atoms with Gasteiger partial charge in [0.05, 0.1) is 30.0 Å². The summed E-state index contributed by atoms with van der Waals surface area (Å²) in [6.45, 7) is 3.19. The Morgan fingerprint density at radius 3 is 2.59 bits per heavy atom. The lowest BCUT2D eigenvalue weighted by Gasteiger charge is -2.64. The van der Waals surface area contributed by atoms with Crippen LogP contribution in [0.2, 0.25) is 0 Å². The fourth-order valence-electron chi connectivity index (χ4n) is 15.7. The first kappa shape index (κ1) is 41.5. The molecule has 3 saturated carbocycles. The van der Waals surface area contributed by atoms with E-state index in [0.29, 0.717) is 89.3 Å². The van der Waals surface area contributed by atoms with Crippen molar-refractivity contribution in [2.75, 3.05) is 11.9 Å². The van der Waals surface area contributed by atoms with Crippen molar-refractivity contribution in [1.82, 2.24) is 9.97 Å². The van der Waals surface area contributed by atoms with Crippen LogP contribution in [-0.2, 0) is 11.2 Å². The highest BCUT2D eigenvalue weighted by molar-refractivity contribution is 6.34. The number of pyridine rings is 1. The molecule has 6 aliphatic carbocycles. The number of fused-ring (bicyclic) bond motifs is 7. The smallest absolute Gasteiger partial charge is 0.301 e.